The Kier molecular flexibility index (Phi) is 5.19. The normalized spacial score (nSPS) is 10.0. The van der Waals surface area contributed by atoms with Crippen molar-refractivity contribution in [2.45, 2.75) is 6.92 Å². The number of nitrogen functional groups attached to an aromatic ring is 1. The van der Waals surface area contributed by atoms with Crippen LogP contribution < -0.4 is 15.8 Å². The van der Waals surface area contributed by atoms with Crippen LogP contribution in [0.15, 0.2) is 42.5 Å². The van der Waals surface area contributed by atoms with Crippen LogP contribution in [0.1, 0.15) is 15.9 Å². The van der Waals surface area contributed by atoms with E-state index in [9.17, 15) is 9.59 Å². The molecular weight excluding hydrogens is 296 g/mol. The fourth-order valence-electron chi connectivity index (χ4n) is 1.98. The van der Waals surface area contributed by atoms with Crippen LogP contribution in [0.3, 0.4) is 0 Å². The molecule has 0 heterocycles. The number of nitrogens with two attached hydrogens (primary N) is 1. The number of hydrogen-bond acceptors (Lipinski definition) is 5. The third-order valence-electron chi connectivity index (χ3n) is 3.22. The number of amides is 1. The zero-order valence-electron chi connectivity index (χ0n) is 13.0. The maximum Gasteiger partial charge on any atom is 0.338 e. The van der Waals surface area contributed by atoms with Crippen molar-refractivity contribution in [3.8, 4) is 5.75 Å². The second-order valence-corrected chi connectivity index (χ2v) is 4.90. The molecule has 0 fully saturated rings. The van der Waals surface area contributed by atoms with Crippen molar-refractivity contribution in [2.75, 3.05) is 24.8 Å². The second kappa shape index (κ2) is 7.31. The van der Waals surface area contributed by atoms with Gasteiger partial charge in [0.2, 0.25) is 0 Å². The maximum absolute atomic E-state index is 11.9. The van der Waals surface area contributed by atoms with Gasteiger partial charge in [0.15, 0.2) is 6.61 Å². The van der Waals surface area contributed by atoms with E-state index in [1.165, 1.54) is 19.2 Å². The van der Waals surface area contributed by atoms with Gasteiger partial charge in [-0.15, -0.1) is 0 Å². The first-order valence-electron chi connectivity index (χ1n) is 6.97. The van der Waals surface area contributed by atoms with E-state index in [2.05, 4.69) is 5.32 Å². The number of aryl methyl sites for hydroxylation is 1. The van der Waals surface area contributed by atoms with E-state index in [0.29, 0.717) is 17.1 Å². The Hall–Kier alpha value is -3.02. The van der Waals surface area contributed by atoms with Gasteiger partial charge in [0.05, 0.1) is 18.4 Å². The molecule has 23 heavy (non-hydrogen) atoms. The summed E-state index contributed by atoms with van der Waals surface area (Å²) in [5, 5.41) is 2.69. The lowest BCUT2D eigenvalue weighted by Gasteiger charge is -2.09. The molecule has 6 heteroatoms. The number of para-hydroxylation sites is 1. The van der Waals surface area contributed by atoms with E-state index in [0.717, 1.165) is 5.56 Å². The minimum Gasteiger partial charge on any atom is -0.495 e. The highest BCUT2D eigenvalue weighted by Gasteiger charge is 2.12. The van der Waals surface area contributed by atoms with E-state index < -0.39 is 11.9 Å². The van der Waals surface area contributed by atoms with Crippen molar-refractivity contribution in [1.29, 1.82) is 0 Å². The van der Waals surface area contributed by atoms with Gasteiger partial charge < -0.3 is 20.5 Å². The quantitative estimate of drug-likeness (QED) is 0.653. The van der Waals surface area contributed by atoms with Gasteiger partial charge in [-0.3, -0.25) is 4.79 Å². The molecule has 6 nitrogen and oxygen atoms in total. The van der Waals surface area contributed by atoms with Crippen LogP contribution in [0, 0.1) is 6.92 Å². The number of ether oxygens (including phenoxy) is 2. The highest BCUT2D eigenvalue weighted by molar-refractivity contribution is 5.96. The highest BCUT2D eigenvalue weighted by Crippen LogP contribution is 2.22. The smallest absolute Gasteiger partial charge is 0.338 e. The largest absolute Gasteiger partial charge is 0.495 e. The number of nitrogens with one attached hydrogen (secondary N) is 1. The molecule has 0 bridgehead atoms. The maximum atomic E-state index is 11.9. The Labute approximate surface area is 134 Å². The summed E-state index contributed by atoms with van der Waals surface area (Å²) >= 11 is 0. The lowest BCUT2D eigenvalue weighted by Crippen LogP contribution is -2.21. The number of benzene rings is 2. The Bertz CT molecular complexity index is 728. The van der Waals surface area contributed by atoms with Crippen molar-refractivity contribution in [3.05, 3.63) is 53.6 Å². The molecule has 2 rings (SSSR count). The van der Waals surface area contributed by atoms with Gasteiger partial charge in [0.25, 0.3) is 5.91 Å². The van der Waals surface area contributed by atoms with E-state index in [4.69, 9.17) is 15.2 Å². The average molecular weight is 314 g/mol. The summed E-state index contributed by atoms with van der Waals surface area (Å²) in [6.45, 7) is 1.50. The summed E-state index contributed by atoms with van der Waals surface area (Å²) < 4.78 is 10.00. The molecule has 0 unspecified atom stereocenters. The van der Waals surface area contributed by atoms with Gasteiger partial charge in [-0.1, -0.05) is 18.2 Å². The second-order valence-electron chi connectivity index (χ2n) is 4.90. The number of hydrogen-bond donors (Lipinski definition) is 2. The highest BCUT2D eigenvalue weighted by atomic mass is 16.5. The molecule has 0 aliphatic carbocycles. The Balaban J connectivity index is 1.92. The number of esters is 1. The fraction of sp³-hybridized carbons (Fsp3) is 0.176. The van der Waals surface area contributed by atoms with Crippen molar-refractivity contribution in [2.24, 2.45) is 0 Å². The zero-order chi connectivity index (χ0) is 16.8. The van der Waals surface area contributed by atoms with Crippen molar-refractivity contribution in [1.82, 2.24) is 0 Å². The van der Waals surface area contributed by atoms with E-state index in [-0.39, 0.29) is 12.2 Å². The third kappa shape index (κ3) is 4.23. The van der Waals surface area contributed by atoms with Gasteiger partial charge >= 0.3 is 5.97 Å². The van der Waals surface area contributed by atoms with Crippen molar-refractivity contribution >= 4 is 23.3 Å². The van der Waals surface area contributed by atoms with Crippen LogP contribution in [-0.4, -0.2) is 25.6 Å². The molecule has 2 aromatic carbocycles. The summed E-state index contributed by atoms with van der Waals surface area (Å²) in [4.78, 5) is 23.8. The van der Waals surface area contributed by atoms with E-state index >= 15 is 0 Å². The predicted molar refractivity (Wildman–Crippen MR) is 87.5 cm³/mol. The minimum absolute atomic E-state index is 0.256. The first-order valence-corrected chi connectivity index (χ1v) is 6.97. The van der Waals surface area contributed by atoms with Crippen LogP contribution in [0.25, 0.3) is 0 Å². The molecule has 3 N–H and O–H groups in total. The predicted octanol–water partition coefficient (Wildman–Crippen LogP) is 2.38. The molecule has 0 saturated carbocycles. The van der Waals surface area contributed by atoms with Crippen LogP contribution in [0.2, 0.25) is 0 Å². The number of rotatable bonds is 5. The van der Waals surface area contributed by atoms with Gasteiger partial charge in [-0.2, -0.15) is 0 Å². The van der Waals surface area contributed by atoms with Gasteiger partial charge in [0, 0.05) is 5.69 Å². The van der Waals surface area contributed by atoms with E-state index in [1.807, 2.05) is 25.1 Å². The van der Waals surface area contributed by atoms with Crippen LogP contribution in [0.4, 0.5) is 11.4 Å². The molecule has 0 atom stereocenters. The molecule has 2 aromatic rings. The molecule has 120 valence electrons. The summed E-state index contributed by atoms with van der Waals surface area (Å²) in [6.07, 6.45) is 0. The Morgan fingerprint density at radius 3 is 2.57 bits per heavy atom. The standard InChI is InChI=1S/C17H18N2O4/c1-11-5-3-4-6-14(11)19-16(20)10-23-17(21)12-7-8-15(22-2)13(18)9-12/h3-9H,10,18H2,1-2H3,(H,19,20). The molecule has 0 aliphatic rings. The first kappa shape index (κ1) is 16.4. The number of anilines is 2. The molecular formula is C17H18N2O4. The number of carbonyl (C=O) groups excluding carboxylic acids is 2. The van der Waals surface area contributed by atoms with Gasteiger partial charge in [-0.25, -0.2) is 4.79 Å². The molecule has 0 aromatic heterocycles. The lowest BCUT2D eigenvalue weighted by molar-refractivity contribution is -0.119. The lowest BCUT2D eigenvalue weighted by atomic mass is 10.2. The Morgan fingerprint density at radius 1 is 1.17 bits per heavy atom. The summed E-state index contributed by atoms with van der Waals surface area (Å²) in [6, 6.07) is 11.9. The molecule has 0 radical (unpaired) electrons. The van der Waals surface area contributed by atoms with Crippen molar-refractivity contribution < 1.29 is 19.1 Å². The minimum atomic E-state index is -0.626. The number of methoxy groups -OCH3 is 1. The Morgan fingerprint density at radius 2 is 1.91 bits per heavy atom. The molecule has 0 aliphatic heterocycles. The number of carbonyl (C=O) groups is 2. The molecule has 0 saturated heterocycles. The van der Waals surface area contributed by atoms with Crippen molar-refractivity contribution in [3.63, 3.8) is 0 Å². The SMILES string of the molecule is COc1ccc(C(=O)OCC(=O)Nc2ccccc2C)cc1N. The van der Waals surface area contributed by atoms with Crippen LogP contribution in [-0.2, 0) is 9.53 Å². The van der Waals surface area contributed by atoms with Crippen LogP contribution >= 0.6 is 0 Å². The fourth-order valence-corrected chi connectivity index (χ4v) is 1.98. The zero-order valence-corrected chi connectivity index (χ0v) is 13.0. The topological polar surface area (TPSA) is 90.6 Å². The van der Waals surface area contributed by atoms with Crippen LogP contribution in [0.5, 0.6) is 5.75 Å². The summed E-state index contributed by atoms with van der Waals surface area (Å²) in [7, 11) is 1.49. The van der Waals surface area contributed by atoms with Gasteiger partial charge in [0.1, 0.15) is 5.75 Å². The molecule has 1 amide bonds. The molecule has 0 spiro atoms. The summed E-state index contributed by atoms with van der Waals surface area (Å²) in [5.41, 5.74) is 7.92. The summed E-state index contributed by atoms with van der Waals surface area (Å²) in [5.74, 6) is -0.563. The monoisotopic (exact) mass is 314 g/mol. The average Bonchev–Trinajstić information content (AvgIpc) is 2.54. The van der Waals surface area contributed by atoms with Gasteiger partial charge in [-0.05, 0) is 36.8 Å². The van der Waals surface area contributed by atoms with E-state index in [1.54, 1.807) is 12.1 Å². The first-order chi connectivity index (χ1) is 11.0. The third-order valence-corrected chi connectivity index (χ3v) is 3.22.